The lowest BCUT2D eigenvalue weighted by Gasteiger charge is -2.19. The molecule has 0 fully saturated rings. The zero-order valence-corrected chi connectivity index (χ0v) is 18.7. The largest absolute Gasteiger partial charge is 0.486 e. The predicted octanol–water partition coefficient (Wildman–Crippen LogP) is 4.10. The van der Waals surface area contributed by atoms with Gasteiger partial charge in [-0.05, 0) is 49.6 Å². The van der Waals surface area contributed by atoms with Crippen molar-refractivity contribution in [2.75, 3.05) is 25.5 Å². The first kappa shape index (κ1) is 21.3. The van der Waals surface area contributed by atoms with Crippen molar-refractivity contribution >= 4 is 17.7 Å². The maximum absolute atomic E-state index is 12.3. The van der Waals surface area contributed by atoms with E-state index in [4.69, 9.17) is 9.47 Å². The van der Waals surface area contributed by atoms with E-state index in [1.807, 2.05) is 36.5 Å². The first-order valence-corrected chi connectivity index (χ1v) is 11.5. The molecule has 1 N–H and O–H groups in total. The Morgan fingerprint density at radius 3 is 2.77 bits per heavy atom. The molecule has 1 amide bonds. The van der Waals surface area contributed by atoms with Crippen LogP contribution in [-0.4, -0.2) is 41.0 Å². The SMILES string of the molecule is CCn1c(-c2ccc3c(c2)OCCO3)cnc1SCC(=O)NCCc1ccccc1C. The number of aryl methyl sites for hydroxylation is 1. The lowest BCUT2D eigenvalue weighted by atomic mass is 10.1. The van der Waals surface area contributed by atoms with Crippen LogP contribution in [0.4, 0.5) is 0 Å². The van der Waals surface area contributed by atoms with Gasteiger partial charge in [-0.25, -0.2) is 4.98 Å². The monoisotopic (exact) mass is 437 g/mol. The van der Waals surface area contributed by atoms with Crippen LogP contribution < -0.4 is 14.8 Å². The van der Waals surface area contributed by atoms with Gasteiger partial charge in [-0.2, -0.15) is 0 Å². The van der Waals surface area contributed by atoms with Gasteiger partial charge in [0.2, 0.25) is 5.91 Å². The van der Waals surface area contributed by atoms with Crippen LogP contribution in [0.5, 0.6) is 11.5 Å². The van der Waals surface area contributed by atoms with Crippen LogP contribution in [0.1, 0.15) is 18.1 Å². The molecule has 6 nitrogen and oxygen atoms in total. The van der Waals surface area contributed by atoms with Gasteiger partial charge in [-0.15, -0.1) is 0 Å². The molecule has 0 radical (unpaired) electrons. The molecule has 0 bridgehead atoms. The molecule has 0 aliphatic carbocycles. The highest BCUT2D eigenvalue weighted by Crippen LogP contribution is 2.35. The summed E-state index contributed by atoms with van der Waals surface area (Å²) >= 11 is 1.46. The standard InChI is InChI=1S/C24H27N3O3S/c1-3-27-20(19-8-9-21-22(14-19)30-13-12-29-21)15-26-24(27)31-16-23(28)25-11-10-18-7-5-4-6-17(18)2/h4-9,14-15H,3,10-13,16H2,1-2H3,(H,25,28). The third-order valence-corrected chi connectivity index (χ3v) is 6.27. The van der Waals surface area contributed by atoms with Gasteiger partial charge >= 0.3 is 0 Å². The number of thioether (sulfide) groups is 1. The molecule has 31 heavy (non-hydrogen) atoms. The molecule has 0 spiro atoms. The van der Waals surface area contributed by atoms with Crippen molar-refractivity contribution in [3.8, 4) is 22.8 Å². The number of aromatic nitrogens is 2. The zero-order valence-electron chi connectivity index (χ0n) is 17.9. The first-order chi connectivity index (χ1) is 15.2. The van der Waals surface area contributed by atoms with Gasteiger partial charge in [-0.3, -0.25) is 4.79 Å². The molecular weight excluding hydrogens is 410 g/mol. The molecule has 2 aromatic carbocycles. The lowest BCUT2D eigenvalue weighted by Crippen LogP contribution is -2.27. The quantitative estimate of drug-likeness (QED) is 0.538. The van der Waals surface area contributed by atoms with Crippen LogP contribution in [-0.2, 0) is 17.8 Å². The summed E-state index contributed by atoms with van der Waals surface area (Å²) in [6.45, 7) is 6.71. The minimum Gasteiger partial charge on any atom is -0.486 e. The van der Waals surface area contributed by atoms with Crippen molar-refractivity contribution in [2.45, 2.75) is 32.0 Å². The van der Waals surface area contributed by atoms with Crippen LogP contribution in [0.25, 0.3) is 11.3 Å². The fourth-order valence-corrected chi connectivity index (χ4v) is 4.49. The number of imidazole rings is 1. The molecule has 0 saturated carbocycles. The Morgan fingerprint density at radius 1 is 1.16 bits per heavy atom. The normalized spacial score (nSPS) is 12.6. The number of hydrogen-bond acceptors (Lipinski definition) is 5. The van der Waals surface area contributed by atoms with E-state index in [1.54, 1.807) is 0 Å². The smallest absolute Gasteiger partial charge is 0.230 e. The van der Waals surface area contributed by atoms with Gasteiger partial charge in [0.1, 0.15) is 13.2 Å². The molecule has 0 saturated heterocycles. The summed E-state index contributed by atoms with van der Waals surface area (Å²) in [6.07, 6.45) is 2.69. The summed E-state index contributed by atoms with van der Waals surface area (Å²) < 4.78 is 13.4. The third-order valence-electron chi connectivity index (χ3n) is 5.28. The number of nitrogens with one attached hydrogen (secondary N) is 1. The van der Waals surface area contributed by atoms with Gasteiger partial charge in [0.15, 0.2) is 16.7 Å². The van der Waals surface area contributed by atoms with E-state index in [2.05, 4.69) is 40.8 Å². The van der Waals surface area contributed by atoms with Crippen molar-refractivity contribution in [1.29, 1.82) is 0 Å². The van der Waals surface area contributed by atoms with Gasteiger partial charge in [0, 0.05) is 18.7 Å². The van der Waals surface area contributed by atoms with Crippen molar-refractivity contribution in [1.82, 2.24) is 14.9 Å². The van der Waals surface area contributed by atoms with E-state index in [0.717, 1.165) is 40.9 Å². The number of carbonyl (C=O) groups excluding carboxylic acids is 1. The maximum Gasteiger partial charge on any atom is 0.230 e. The number of ether oxygens (including phenoxy) is 2. The molecule has 1 aliphatic rings. The van der Waals surface area contributed by atoms with E-state index >= 15 is 0 Å². The highest BCUT2D eigenvalue weighted by molar-refractivity contribution is 7.99. The Kier molecular flexibility index (Phi) is 6.82. The van der Waals surface area contributed by atoms with Crippen LogP contribution in [0.3, 0.4) is 0 Å². The minimum absolute atomic E-state index is 0.0186. The highest BCUT2D eigenvalue weighted by atomic mass is 32.2. The summed E-state index contributed by atoms with van der Waals surface area (Å²) in [7, 11) is 0. The minimum atomic E-state index is 0.0186. The van der Waals surface area contributed by atoms with Gasteiger partial charge in [0.05, 0.1) is 17.6 Å². The summed E-state index contributed by atoms with van der Waals surface area (Å²) in [5.41, 5.74) is 4.54. The van der Waals surface area contributed by atoms with Gasteiger partial charge in [-0.1, -0.05) is 36.0 Å². The molecule has 162 valence electrons. The maximum atomic E-state index is 12.3. The third kappa shape index (κ3) is 5.05. The average Bonchev–Trinajstić information content (AvgIpc) is 3.21. The van der Waals surface area contributed by atoms with Gasteiger partial charge in [0.25, 0.3) is 0 Å². The Bertz CT molecular complexity index is 1060. The average molecular weight is 438 g/mol. The second-order valence-electron chi connectivity index (χ2n) is 7.34. The number of fused-ring (bicyclic) bond motifs is 1. The van der Waals surface area contributed by atoms with Gasteiger partial charge < -0.3 is 19.4 Å². The van der Waals surface area contributed by atoms with E-state index in [0.29, 0.717) is 25.5 Å². The summed E-state index contributed by atoms with van der Waals surface area (Å²) in [5.74, 6) is 1.89. The predicted molar refractivity (Wildman–Crippen MR) is 123 cm³/mol. The van der Waals surface area contributed by atoms with Crippen molar-refractivity contribution < 1.29 is 14.3 Å². The molecule has 7 heteroatoms. The van der Waals surface area contributed by atoms with E-state index in [9.17, 15) is 4.79 Å². The Balaban J connectivity index is 1.35. The molecule has 0 unspecified atom stereocenters. The van der Waals surface area contributed by atoms with Crippen LogP contribution >= 0.6 is 11.8 Å². The van der Waals surface area contributed by atoms with E-state index in [1.165, 1.54) is 22.9 Å². The topological polar surface area (TPSA) is 65.4 Å². The number of rotatable bonds is 8. The number of benzene rings is 2. The summed E-state index contributed by atoms with van der Waals surface area (Å²) in [5, 5.41) is 3.85. The molecular formula is C24H27N3O3S. The summed E-state index contributed by atoms with van der Waals surface area (Å²) in [6, 6.07) is 14.2. The van der Waals surface area contributed by atoms with Crippen LogP contribution in [0, 0.1) is 6.92 Å². The summed E-state index contributed by atoms with van der Waals surface area (Å²) in [4.78, 5) is 16.9. The molecule has 1 aromatic heterocycles. The second-order valence-corrected chi connectivity index (χ2v) is 8.29. The lowest BCUT2D eigenvalue weighted by molar-refractivity contribution is -0.118. The van der Waals surface area contributed by atoms with E-state index < -0.39 is 0 Å². The highest BCUT2D eigenvalue weighted by Gasteiger charge is 2.17. The molecule has 4 rings (SSSR count). The van der Waals surface area contributed by atoms with Crippen LogP contribution in [0.15, 0.2) is 53.8 Å². The number of nitrogens with zero attached hydrogens (tertiary/aromatic N) is 2. The van der Waals surface area contributed by atoms with Crippen molar-refractivity contribution in [2.24, 2.45) is 0 Å². The number of hydrogen-bond donors (Lipinski definition) is 1. The molecule has 1 aliphatic heterocycles. The number of amides is 1. The second kappa shape index (κ2) is 9.92. The Morgan fingerprint density at radius 2 is 1.97 bits per heavy atom. The molecule has 2 heterocycles. The fraction of sp³-hybridized carbons (Fsp3) is 0.333. The Hall–Kier alpha value is -2.93. The van der Waals surface area contributed by atoms with E-state index in [-0.39, 0.29) is 5.91 Å². The zero-order chi connectivity index (χ0) is 21.6. The first-order valence-electron chi connectivity index (χ1n) is 10.5. The fourth-order valence-electron chi connectivity index (χ4n) is 3.62. The number of carbonyl (C=O) groups is 1. The Labute approximate surface area is 187 Å². The van der Waals surface area contributed by atoms with Crippen molar-refractivity contribution in [3.05, 3.63) is 59.8 Å². The van der Waals surface area contributed by atoms with Crippen LogP contribution in [0.2, 0.25) is 0 Å². The molecule has 0 atom stereocenters. The molecule has 3 aromatic rings. The van der Waals surface area contributed by atoms with Crippen molar-refractivity contribution in [3.63, 3.8) is 0 Å².